The van der Waals surface area contributed by atoms with Gasteiger partial charge in [-0.15, -0.1) is 0 Å². The summed E-state index contributed by atoms with van der Waals surface area (Å²) in [7, 11) is 0. The van der Waals surface area contributed by atoms with Crippen molar-refractivity contribution in [3.63, 3.8) is 0 Å². The molecule has 0 aliphatic carbocycles. The summed E-state index contributed by atoms with van der Waals surface area (Å²) in [5, 5.41) is 10.6. The quantitative estimate of drug-likeness (QED) is 0.875. The molecule has 0 fully saturated rings. The van der Waals surface area contributed by atoms with Crippen LogP contribution in [0.1, 0.15) is 6.92 Å². The minimum atomic E-state index is -1.15. The van der Waals surface area contributed by atoms with Crippen molar-refractivity contribution in [2.75, 3.05) is 11.9 Å². The van der Waals surface area contributed by atoms with Crippen molar-refractivity contribution >= 4 is 27.8 Å². The molecule has 6 heteroatoms. The van der Waals surface area contributed by atoms with Crippen LogP contribution in [-0.2, 0) is 0 Å². The smallest absolute Gasteiger partial charge is 0.410 e. The average molecular weight is 261 g/mol. The fourth-order valence-electron chi connectivity index (χ4n) is 0.864. The highest BCUT2D eigenvalue weighted by molar-refractivity contribution is 9.10. The van der Waals surface area contributed by atoms with E-state index in [4.69, 9.17) is 9.84 Å². The number of aromatic nitrogens is 1. The molecule has 0 radical (unpaired) electrons. The highest BCUT2D eigenvalue weighted by atomic mass is 79.9. The molecule has 1 heterocycles. The zero-order valence-corrected chi connectivity index (χ0v) is 9.04. The normalized spacial score (nSPS) is 9.57. The van der Waals surface area contributed by atoms with Crippen molar-refractivity contribution in [3.05, 3.63) is 16.7 Å². The van der Waals surface area contributed by atoms with Gasteiger partial charge in [0.2, 0.25) is 0 Å². The van der Waals surface area contributed by atoms with Gasteiger partial charge in [0.05, 0.1) is 11.1 Å². The Bertz CT molecular complexity index is 343. The number of pyridine rings is 1. The van der Waals surface area contributed by atoms with Crippen LogP contribution in [0, 0.1) is 0 Å². The summed E-state index contributed by atoms with van der Waals surface area (Å²) in [4.78, 5) is 14.2. The molecule has 0 aliphatic rings. The number of ether oxygens (including phenoxy) is 1. The number of amides is 1. The lowest BCUT2D eigenvalue weighted by Crippen LogP contribution is -2.08. The van der Waals surface area contributed by atoms with Crippen LogP contribution < -0.4 is 10.1 Å². The van der Waals surface area contributed by atoms with Gasteiger partial charge in [0.1, 0.15) is 11.6 Å². The van der Waals surface area contributed by atoms with Crippen LogP contribution in [0.15, 0.2) is 16.7 Å². The fourth-order valence-corrected chi connectivity index (χ4v) is 1.20. The predicted octanol–water partition coefficient (Wildman–Crippen LogP) is 2.33. The fraction of sp³-hybridized carbons (Fsp3) is 0.250. The Morgan fingerprint density at radius 3 is 3.07 bits per heavy atom. The van der Waals surface area contributed by atoms with Gasteiger partial charge >= 0.3 is 6.09 Å². The molecule has 2 N–H and O–H groups in total. The second-order valence-corrected chi connectivity index (χ2v) is 3.22. The van der Waals surface area contributed by atoms with E-state index in [0.717, 1.165) is 0 Å². The summed E-state index contributed by atoms with van der Waals surface area (Å²) >= 11 is 3.23. The summed E-state index contributed by atoms with van der Waals surface area (Å²) in [6, 6.07) is 1.52. The van der Waals surface area contributed by atoms with Crippen molar-refractivity contribution < 1.29 is 14.6 Å². The van der Waals surface area contributed by atoms with Gasteiger partial charge in [-0.3, -0.25) is 5.32 Å². The first kappa shape index (κ1) is 10.8. The van der Waals surface area contributed by atoms with Crippen molar-refractivity contribution in [2.24, 2.45) is 0 Å². The number of halogens is 1. The van der Waals surface area contributed by atoms with Crippen LogP contribution in [0.3, 0.4) is 0 Å². The molecule has 1 amide bonds. The number of hydrogen-bond donors (Lipinski definition) is 2. The number of nitrogens with zero attached hydrogens (tertiary/aromatic N) is 1. The van der Waals surface area contributed by atoms with Gasteiger partial charge < -0.3 is 9.84 Å². The molecule has 1 aromatic heterocycles. The lowest BCUT2D eigenvalue weighted by molar-refractivity contribution is 0.209. The molecule has 0 spiro atoms. The van der Waals surface area contributed by atoms with E-state index < -0.39 is 6.09 Å². The zero-order chi connectivity index (χ0) is 10.6. The summed E-state index contributed by atoms with van der Waals surface area (Å²) in [5.41, 5.74) is 0. The van der Waals surface area contributed by atoms with Crippen molar-refractivity contribution in [3.8, 4) is 5.75 Å². The Labute approximate surface area is 89.2 Å². The van der Waals surface area contributed by atoms with E-state index in [1.165, 1.54) is 12.3 Å². The second-order valence-electron chi connectivity index (χ2n) is 2.36. The monoisotopic (exact) mass is 260 g/mol. The van der Waals surface area contributed by atoms with Crippen molar-refractivity contribution in [1.82, 2.24) is 4.98 Å². The number of rotatable bonds is 3. The predicted molar refractivity (Wildman–Crippen MR) is 54.8 cm³/mol. The number of anilines is 1. The van der Waals surface area contributed by atoms with Crippen LogP contribution in [0.25, 0.3) is 0 Å². The lowest BCUT2D eigenvalue weighted by Gasteiger charge is -2.06. The lowest BCUT2D eigenvalue weighted by atomic mass is 10.4. The Balaban J connectivity index is 2.88. The van der Waals surface area contributed by atoms with Crippen LogP contribution in [-0.4, -0.2) is 22.8 Å². The maximum Gasteiger partial charge on any atom is 0.410 e. The molecule has 0 aromatic carbocycles. The Morgan fingerprint density at radius 2 is 2.50 bits per heavy atom. The molecule has 0 unspecified atom stereocenters. The Kier molecular flexibility index (Phi) is 3.70. The van der Waals surface area contributed by atoms with Crippen LogP contribution in [0.5, 0.6) is 5.75 Å². The Hall–Kier alpha value is -1.30. The molecular formula is C8H9BrN2O3. The van der Waals surface area contributed by atoms with E-state index in [2.05, 4.69) is 26.2 Å². The third-order valence-electron chi connectivity index (χ3n) is 1.36. The number of nitrogens with one attached hydrogen (secondary N) is 1. The van der Waals surface area contributed by atoms with Crippen LogP contribution in [0.2, 0.25) is 0 Å². The number of hydrogen-bond acceptors (Lipinski definition) is 3. The van der Waals surface area contributed by atoms with Gasteiger partial charge in [0.15, 0.2) is 0 Å². The number of carboxylic acid groups (broad SMARTS) is 1. The highest BCUT2D eigenvalue weighted by Crippen LogP contribution is 2.26. The molecule has 0 saturated heterocycles. The largest absolute Gasteiger partial charge is 0.492 e. The van der Waals surface area contributed by atoms with E-state index in [9.17, 15) is 4.79 Å². The standard InChI is InChI=1S/C8H9BrN2O3/c1-2-14-6-3-7(11-8(12)13)10-4-5(6)9/h3-4H,2H2,1H3,(H,10,11)(H,12,13). The summed E-state index contributed by atoms with van der Waals surface area (Å²) in [6.45, 7) is 2.35. The first-order valence-corrected chi connectivity index (χ1v) is 4.71. The van der Waals surface area contributed by atoms with E-state index >= 15 is 0 Å². The maximum absolute atomic E-state index is 10.3. The molecule has 14 heavy (non-hydrogen) atoms. The molecule has 5 nitrogen and oxygen atoms in total. The molecule has 76 valence electrons. The van der Waals surface area contributed by atoms with E-state index in [1.807, 2.05) is 6.92 Å². The molecule has 0 bridgehead atoms. The van der Waals surface area contributed by atoms with Gasteiger partial charge in [-0.25, -0.2) is 9.78 Å². The molecule has 1 rings (SSSR count). The highest BCUT2D eigenvalue weighted by Gasteiger charge is 2.05. The minimum Gasteiger partial charge on any atom is -0.492 e. The van der Waals surface area contributed by atoms with Gasteiger partial charge in [-0.1, -0.05) is 0 Å². The van der Waals surface area contributed by atoms with Gasteiger partial charge in [-0.05, 0) is 22.9 Å². The molecule has 1 aromatic rings. The van der Waals surface area contributed by atoms with Crippen LogP contribution in [0.4, 0.5) is 10.6 Å². The van der Waals surface area contributed by atoms with Gasteiger partial charge in [0.25, 0.3) is 0 Å². The Morgan fingerprint density at radius 1 is 1.79 bits per heavy atom. The molecular weight excluding hydrogens is 252 g/mol. The van der Waals surface area contributed by atoms with Gasteiger partial charge in [-0.2, -0.15) is 0 Å². The van der Waals surface area contributed by atoms with E-state index in [-0.39, 0.29) is 5.82 Å². The summed E-state index contributed by atoms with van der Waals surface area (Å²) in [5.74, 6) is 0.801. The summed E-state index contributed by atoms with van der Waals surface area (Å²) in [6.07, 6.45) is 0.332. The molecule has 0 saturated carbocycles. The van der Waals surface area contributed by atoms with E-state index in [1.54, 1.807) is 0 Å². The molecule has 0 aliphatic heterocycles. The first-order chi connectivity index (χ1) is 6.63. The molecule has 0 atom stereocenters. The van der Waals surface area contributed by atoms with Crippen molar-refractivity contribution in [2.45, 2.75) is 6.92 Å². The third-order valence-corrected chi connectivity index (χ3v) is 1.95. The second kappa shape index (κ2) is 4.80. The maximum atomic E-state index is 10.3. The topological polar surface area (TPSA) is 71.5 Å². The summed E-state index contributed by atoms with van der Waals surface area (Å²) < 4.78 is 5.93. The number of carbonyl (C=O) groups is 1. The van der Waals surface area contributed by atoms with E-state index in [0.29, 0.717) is 16.8 Å². The average Bonchev–Trinajstić information content (AvgIpc) is 2.10. The SMILES string of the molecule is CCOc1cc(NC(=O)O)ncc1Br. The van der Waals surface area contributed by atoms with Crippen LogP contribution >= 0.6 is 15.9 Å². The van der Waals surface area contributed by atoms with Gasteiger partial charge in [0, 0.05) is 12.3 Å². The third kappa shape index (κ3) is 2.88. The first-order valence-electron chi connectivity index (χ1n) is 3.91. The minimum absolute atomic E-state index is 0.240. The van der Waals surface area contributed by atoms with Crippen molar-refractivity contribution in [1.29, 1.82) is 0 Å². The zero-order valence-electron chi connectivity index (χ0n) is 7.45.